The van der Waals surface area contributed by atoms with Crippen LogP contribution in [-0.2, 0) is 11.8 Å². The molecule has 3 aromatic heterocycles. The Hall–Kier alpha value is -3.46. The maximum Gasteiger partial charge on any atom is 0.317 e. The van der Waals surface area contributed by atoms with Crippen molar-refractivity contribution in [1.29, 1.82) is 0 Å². The van der Waals surface area contributed by atoms with Gasteiger partial charge in [0, 0.05) is 31.8 Å². The predicted octanol–water partition coefficient (Wildman–Crippen LogP) is 1.37. The molecule has 0 bridgehead atoms. The maximum atomic E-state index is 10.6. The molecule has 0 saturated carbocycles. The van der Waals surface area contributed by atoms with Gasteiger partial charge in [0.1, 0.15) is 0 Å². The summed E-state index contributed by atoms with van der Waals surface area (Å²) in [5, 5.41) is 19.4. The molecule has 9 heteroatoms. The Morgan fingerprint density at radius 2 is 2.04 bits per heavy atom. The molecule has 27 heavy (non-hydrogen) atoms. The van der Waals surface area contributed by atoms with Gasteiger partial charge in [0.15, 0.2) is 22.6 Å². The van der Waals surface area contributed by atoms with Crippen LogP contribution in [0.3, 0.4) is 0 Å². The Balaban J connectivity index is 1.68. The first kappa shape index (κ1) is 17.0. The zero-order chi connectivity index (χ0) is 18.8. The summed E-state index contributed by atoms with van der Waals surface area (Å²) in [7, 11) is 1.91. The maximum absolute atomic E-state index is 10.6. The molecule has 0 unspecified atom stereocenters. The molecule has 0 aliphatic rings. The van der Waals surface area contributed by atoms with Crippen molar-refractivity contribution in [2.45, 2.75) is 0 Å². The van der Waals surface area contributed by atoms with Crippen LogP contribution in [0.2, 0.25) is 0 Å². The predicted molar refractivity (Wildman–Crippen MR) is 102 cm³/mol. The molecule has 4 rings (SSSR count). The number of benzene rings is 1. The fourth-order valence-electron chi connectivity index (χ4n) is 2.95. The number of carbonyl (C=O) groups is 1. The fraction of sp³-hybridized carbons (Fsp3) is 0.222. The van der Waals surface area contributed by atoms with E-state index in [0.717, 1.165) is 16.9 Å². The first-order valence-corrected chi connectivity index (χ1v) is 8.56. The van der Waals surface area contributed by atoms with Crippen molar-refractivity contribution < 1.29 is 9.90 Å². The average molecular weight is 365 g/mol. The van der Waals surface area contributed by atoms with Gasteiger partial charge < -0.3 is 20.3 Å². The monoisotopic (exact) mass is 365 g/mol. The number of nitrogens with zero attached hydrogens (tertiary/aromatic N) is 5. The third-order valence-electron chi connectivity index (χ3n) is 4.19. The van der Waals surface area contributed by atoms with E-state index in [4.69, 9.17) is 10.2 Å². The van der Waals surface area contributed by atoms with Crippen LogP contribution in [0.4, 0.5) is 5.82 Å². The van der Waals surface area contributed by atoms with Crippen molar-refractivity contribution in [1.82, 2.24) is 29.5 Å². The van der Waals surface area contributed by atoms with Gasteiger partial charge in [0.25, 0.3) is 0 Å². The zero-order valence-corrected chi connectivity index (χ0v) is 14.8. The highest BCUT2D eigenvalue weighted by molar-refractivity contribution is 5.86. The molecule has 138 valence electrons. The minimum Gasteiger partial charge on any atom is -0.480 e. The van der Waals surface area contributed by atoms with E-state index in [2.05, 4.69) is 20.6 Å². The highest BCUT2D eigenvalue weighted by Gasteiger charge is 2.15. The lowest BCUT2D eigenvalue weighted by molar-refractivity contribution is -0.135. The summed E-state index contributed by atoms with van der Waals surface area (Å²) in [6, 6.07) is 11.9. The van der Waals surface area contributed by atoms with Gasteiger partial charge in [-0.25, -0.2) is 9.97 Å². The quantitative estimate of drug-likeness (QED) is 0.424. The third-order valence-corrected chi connectivity index (χ3v) is 4.19. The minimum atomic E-state index is -0.880. The Labute approximate surface area is 154 Å². The van der Waals surface area contributed by atoms with Gasteiger partial charge in [0.05, 0.1) is 18.6 Å². The van der Waals surface area contributed by atoms with E-state index < -0.39 is 5.97 Å². The summed E-state index contributed by atoms with van der Waals surface area (Å²) >= 11 is 0. The van der Waals surface area contributed by atoms with E-state index in [1.165, 1.54) is 0 Å². The van der Waals surface area contributed by atoms with E-state index in [1.54, 1.807) is 10.8 Å². The number of hydrogen-bond donors (Lipinski definition) is 3. The second-order valence-corrected chi connectivity index (χ2v) is 6.15. The Bertz CT molecular complexity index is 1100. The van der Waals surface area contributed by atoms with E-state index >= 15 is 0 Å². The van der Waals surface area contributed by atoms with Crippen LogP contribution in [0.5, 0.6) is 0 Å². The van der Waals surface area contributed by atoms with Crippen molar-refractivity contribution in [2.75, 3.05) is 25.0 Å². The van der Waals surface area contributed by atoms with Crippen LogP contribution in [0.1, 0.15) is 0 Å². The van der Waals surface area contributed by atoms with Crippen LogP contribution in [0.15, 0.2) is 42.7 Å². The molecular formula is C18H19N7O2. The number of anilines is 1. The van der Waals surface area contributed by atoms with Gasteiger partial charge in [-0.3, -0.25) is 4.79 Å². The molecule has 4 aromatic rings. The zero-order valence-electron chi connectivity index (χ0n) is 14.8. The van der Waals surface area contributed by atoms with Gasteiger partial charge in [-0.1, -0.05) is 30.3 Å². The first-order chi connectivity index (χ1) is 13.1. The Morgan fingerprint density at radius 1 is 1.22 bits per heavy atom. The fourth-order valence-corrected chi connectivity index (χ4v) is 2.95. The molecule has 0 fully saturated rings. The summed E-state index contributed by atoms with van der Waals surface area (Å²) in [5.41, 5.74) is 4.12. The minimum absolute atomic E-state index is 0.0732. The number of aliphatic carboxylic acids is 1. The normalized spacial score (nSPS) is 11.3. The van der Waals surface area contributed by atoms with E-state index in [-0.39, 0.29) is 6.54 Å². The number of aryl methyl sites for hydroxylation is 1. The number of aromatic nitrogens is 5. The molecule has 3 N–H and O–H groups in total. The summed E-state index contributed by atoms with van der Waals surface area (Å²) in [6.07, 6.45) is 1.73. The lowest BCUT2D eigenvalue weighted by Crippen LogP contribution is -2.27. The summed E-state index contributed by atoms with van der Waals surface area (Å²) < 4.78 is 3.69. The van der Waals surface area contributed by atoms with Crippen LogP contribution in [0.25, 0.3) is 28.1 Å². The Kier molecular flexibility index (Phi) is 4.43. The number of imidazole rings is 1. The van der Waals surface area contributed by atoms with Gasteiger partial charge in [-0.05, 0) is 0 Å². The van der Waals surface area contributed by atoms with Crippen molar-refractivity contribution >= 4 is 28.6 Å². The topological polar surface area (TPSA) is 109 Å². The second-order valence-electron chi connectivity index (χ2n) is 6.15. The number of nitrogens with one attached hydrogen (secondary N) is 2. The largest absolute Gasteiger partial charge is 0.480 e. The highest BCUT2D eigenvalue weighted by atomic mass is 16.4. The third kappa shape index (κ3) is 3.32. The number of rotatable bonds is 7. The number of fused-ring (bicyclic) bond motifs is 3. The lowest BCUT2D eigenvalue weighted by atomic mass is 10.2. The van der Waals surface area contributed by atoms with E-state index in [0.29, 0.717) is 30.1 Å². The van der Waals surface area contributed by atoms with Gasteiger partial charge >= 0.3 is 5.97 Å². The number of hydrogen-bond acceptors (Lipinski definition) is 6. The van der Waals surface area contributed by atoms with Crippen LogP contribution in [-0.4, -0.2) is 54.9 Å². The van der Waals surface area contributed by atoms with Crippen molar-refractivity contribution in [3.63, 3.8) is 0 Å². The molecule has 0 aliphatic heterocycles. The number of carboxylic acids is 1. The highest BCUT2D eigenvalue weighted by Crippen LogP contribution is 2.25. The molecule has 1 aromatic carbocycles. The molecule has 0 atom stereocenters. The smallest absolute Gasteiger partial charge is 0.317 e. The van der Waals surface area contributed by atoms with Crippen molar-refractivity contribution in [3.05, 3.63) is 42.7 Å². The summed E-state index contributed by atoms with van der Waals surface area (Å²) in [5.74, 6) is -0.232. The molecule has 0 saturated heterocycles. The average Bonchev–Trinajstić information content (AvgIpc) is 3.25. The van der Waals surface area contributed by atoms with Gasteiger partial charge in [-0.15, -0.1) is 0 Å². The van der Waals surface area contributed by atoms with Crippen molar-refractivity contribution in [3.8, 4) is 11.3 Å². The van der Waals surface area contributed by atoms with Crippen LogP contribution in [0, 0.1) is 0 Å². The lowest BCUT2D eigenvalue weighted by Gasteiger charge is -2.08. The molecule has 3 heterocycles. The first-order valence-electron chi connectivity index (χ1n) is 8.56. The molecule has 0 amide bonds. The molecule has 9 nitrogen and oxygen atoms in total. The van der Waals surface area contributed by atoms with Crippen LogP contribution < -0.4 is 10.6 Å². The van der Waals surface area contributed by atoms with E-state index in [1.807, 2.05) is 48.0 Å². The Morgan fingerprint density at radius 3 is 2.81 bits per heavy atom. The second kappa shape index (κ2) is 7.04. The van der Waals surface area contributed by atoms with Crippen molar-refractivity contribution in [2.24, 2.45) is 7.05 Å². The standard InChI is InChI=1S/C18H19N7O2/c1-24-11-21-16-17(20-8-7-19-10-15(26)27)22-14-9-13(23-25(14)18(16)24)12-5-3-2-4-6-12/h2-6,9,11,19H,7-8,10H2,1H3,(H,20,22)(H,26,27). The molecule has 0 spiro atoms. The van der Waals surface area contributed by atoms with Gasteiger partial charge in [0.2, 0.25) is 0 Å². The SMILES string of the molecule is Cn1cnc2c(NCCNCC(=O)O)nc3cc(-c4ccccc4)nn3c21. The molecule has 0 radical (unpaired) electrons. The summed E-state index contributed by atoms with van der Waals surface area (Å²) in [4.78, 5) is 19.7. The molecule has 0 aliphatic carbocycles. The van der Waals surface area contributed by atoms with Gasteiger partial charge in [-0.2, -0.15) is 9.61 Å². The molecular weight excluding hydrogens is 346 g/mol. The number of carboxylic acid groups (broad SMARTS) is 1. The van der Waals surface area contributed by atoms with E-state index in [9.17, 15) is 4.79 Å². The summed E-state index contributed by atoms with van der Waals surface area (Å²) in [6.45, 7) is 0.958. The van der Waals surface area contributed by atoms with Crippen LogP contribution >= 0.6 is 0 Å².